The van der Waals surface area contributed by atoms with Crippen molar-refractivity contribution >= 4 is 17.7 Å². The highest BCUT2D eigenvalue weighted by molar-refractivity contribution is 8.00. The van der Waals surface area contributed by atoms with E-state index >= 15 is 0 Å². The minimum absolute atomic E-state index is 0.132. The molecule has 2 nitrogen and oxygen atoms in total. The minimum atomic E-state index is -0.325. The number of hydrogen-bond acceptors (Lipinski definition) is 2. The van der Waals surface area contributed by atoms with Gasteiger partial charge in [-0.25, -0.2) is 4.39 Å². The number of halogens is 1. The molecule has 2 atom stereocenters. The number of nitrogens with two attached hydrogens (primary N) is 1. The third-order valence-corrected chi connectivity index (χ3v) is 3.47. The number of rotatable bonds is 4. The summed E-state index contributed by atoms with van der Waals surface area (Å²) in [4.78, 5) is 10.9. The summed E-state index contributed by atoms with van der Waals surface area (Å²) in [7, 11) is 0. The molecule has 2 N–H and O–H groups in total. The lowest BCUT2D eigenvalue weighted by Crippen LogP contribution is -2.23. The number of thioether (sulfide) groups is 1. The van der Waals surface area contributed by atoms with Gasteiger partial charge in [-0.3, -0.25) is 4.79 Å². The topological polar surface area (TPSA) is 43.1 Å². The van der Waals surface area contributed by atoms with Crippen LogP contribution in [-0.4, -0.2) is 11.2 Å². The molecule has 0 unspecified atom stereocenters. The summed E-state index contributed by atoms with van der Waals surface area (Å²) in [6, 6.07) is 6.28. The zero-order chi connectivity index (χ0) is 11.4. The first kappa shape index (κ1) is 12.0. The van der Waals surface area contributed by atoms with Crippen molar-refractivity contribution in [2.24, 2.45) is 5.73 Å². The second kappa shape index (κ2) is 5.16. The highest BCUT2D eigenvalue weighted by Gasteiger charge is 2.15. The maximum atomic E-state index is 12.7. The van der Waals surface area contributed by atoms with Crippen LogP contribution in [0.5, 0.6) is 0 Å². The van der Waals surface area contributed by atoms with Crippen molar-refractivity contribution in [1.82, 2.24) is 0 Å². The number of primary amides is 1. The summed E-state index contributed by atoms with van der Waals surface area (Å²) in [6.07, 6.45) is 0. The van der Waals surface area contributed by atoms with Gasteiger partial charge in [-0.1, -0.05) is 12.1 Å². The van der Waals surface area contributed by atoms with Crippen LogP contribution in [0.4, 0.5) is 4.39 Å². The van der Waals surface area contributed by atoms with E-state index in [2.05, 4.69) is 0 Å². The molecule has 0 radical (unpaired) electrons. The van der Waals surface area contributed by atoms with Crippen molar-refractivity contribution in [2.75, 3.05) is 0 Å². The van der Waals surface area contributed by atoms with Gasteiger partial charge in [0.25, 0.3) is 0 Å². The van der Waals surface area contributed by atoms with Crippen LogP contribution in [-0.2, 0) is 4.79 Å². The van der Waals surface area contributed by atoms with Crippen molar-refractivity contribution in [1.29, 1.82) is 0 Å². The zero-order valence-electron chi connectivity index (χ0n) is 8.74. The molecule has 0 bridgehead atoms. The molecule has 82 valence electrons. The predicted octanol–water partition coefficient (Wildman–Crippen LogP) is 2.49. The van der Waals surface area contributed by atoms with E-state index in [9.17, 15) is 9.18 Å². The van der Waals surface area contributed by atoms with Gasteiger partial charge in [-0.15, -0.1) is 11.8 Å². The van der Waals surface area contributed by atoms with Crippen LogP contribution in [0.25, 0.3) is 0 Å². The number of carbonyl (C=O) groups is 1. The average Bonchev–Trinajstić information content (AvgIpc) is 2.18. The molecule has 0 aromatic heterocycles. The molecular formula is C11H14FNOS. The molecule has 0 aliphatic rings. The smallest absolute Gasteiger partial charge is 0.230 e. The van der Waals surface area contributed by atoms with Gasteiger partial charge in [0, 0.05) is 5.25 Å². The summed E-state index contributed by atoms with van der Waals surface area (Å²) in [5.41, 5.74) is 6.16. The maximum Gasteiger partial charge on any atom is 0.230 e. The van der Waals surface area contributed by atoms with Crippen LogP contribution < -0.4 is 5.73 Å². The summed E-state index contributed by atoms with van der Waals surface area (Å²) >= 11 is 1.47. The molecule has 0 saturated carbocycles. The third-order valence-electron chi connectivity index (χ3n) is 2.15. The summed E-state index contributed by atoms with van der Waals surface area (Å²) in [5.74, 6) is -0.576. The Balaban J connectivity index is 2.64. The van der Waals surface area contributed by atoms with Crippen molar-refractivity contribution < 1.29 is 9.18 Å². The molecule has 0 spiro atoms. The molecular weight excluding hydrogens is 213 g/mol. The Morgan fingerprint density at radius 1 is 1.33 bits per heavy atom. The summed E-state index contributed by atoms with van der Waals surface area (Å²) < 4.78 is 12.7. The molecule has 0 aliphatic heterocycles. The van der Waals surface area contributed by atoms with E-state index in [1.807, 2.05) is 6.92 Å². The van der Waals surface area contributed by atoms with Gasteiger partial charge in [0.05, 0.1) is 5.25 Å². The second-order valence-electron chi connectivity index (χ2n) is 3.37. The molecule has 15 heavy (non-hydrogen) atoms. The molecule has 1 rings (SSSR count). The maximum absolute atomic E-state index is 12.7. The van der Waals surface area contributed by atoms with E-state index in [1.54, 1.807) is 19.1 Å². The van der Waals surface area contributed by atoms with Crippen molar-refractivity contribution in [2.45, 2.75) is 24.3 Å². The van der Waals surface area contributed by atoms with Gasteiger partial charge >= 0.3 is 0 Å². The fourth-order valence-electron chi connectivity index (χ4n) is 1.19. The SMILES string of the molecule is C[C@@H](S[C@H](C)c1ccc(F)cc1)C(N)=O. The number of carbonyl (C=O) groups excluding carboxylic acids is 1. The van der Waals surface area contributed by atoms with E-state index in [4.69, 9.17) is 5.73 Å². The van der Waals surface area contributed by atoms with E-state index in [0.717, 1.165) is 5.56 Å². The number of amides is 1. The average molecular weight is 227 g/mol. The van der Waals surface area contributed by atoms with E-state index < -0.39 is 0 Å². The standard InChI is InChI=1S/C11H14FNOS/c1-7(15-8(2)11(13)14)9-3-5-10(12)6-4-9/h3-8H,1-2H3,(H2,13,14)/t7-,8-/m1/s1. The van der Waals surface area contributed by atoms with Crippen LogP contribution in [0.1, 0.15) is 24.7 Å². The first-order valence-corrected chi connectivity index (χ1v) is 5.65. The summed E-state index contributed by atoms with van der Waals surface area (Å²) in [5, 5.41) is -0.0989. The lowest BCUT2D eigenvalue weighted by molar-refractivity contribution is -0.117. The summed E-state index contributed by atoms with van der Waals surface area (Å²) in [6.45, 7) is 3.74. The van der Waals surface area contributed by atoms with Crippen LogP contribution in [0, 0.1) is 5.82 Å². The van der Waals surface area contributed by atoms with Crippen molar-refractivity contribution in [3.8, 4) is 0 Å². The van der Waals surface area contributed by atoms with Crippen LogP contribution in [0.3, 0.4) is 0 Å². The van der Waals surface area contributed by atoms with E-state index in [0.29, 0.717) is 0 Å². The van der Waals surface area contributed by atoms with E-state index in [-0.39, 0.29) is 22.2 Å². The van der Waals surface area contributed by atoms with Crippen molar-refractivity contribution in [3.63, 3.8) is 0 Å². The van der Waals surface area contributed by atoms with Gasteiger partial charge in [-0.2, -0.15) is 0 Å². The molecule has 0 fully saturated rings. The first-order chi connectivity index (χ1) is 7.00. The van der Waals surface area contributed by atoms with Gasteiger partial charge in [0.15, 0.2) is 0 Å². The number of hydrogen-bond donors (Lipinski definition) is 1. The van der Waals surface area contributed by atoms with Gasteiger partial charge in [0.1, 0.15) is 5.82 Å². The van der Waals surface area contributed by atoms with Crippen LogP contribution >= 0.6 is 11.8 Å². The third kappa shape index (κ3) is 3.55. The highest BCUT2D eigenvalue weighted by atomic mass is 32.2. The normalized spacial score (nSPS) is 14.6. The zero-order valence-corrected chi connectivity index (χ0v) is 9.55. The molecule has 0 heterocycles. The molecule has 1 aromatic carbocycles. The second-order valence-corrected chi connectivity index (χ2v) is 5.06. The fourth-order valence-corrected chi connectivity index (χ4v) is 2.25. The monoisotopic (exact) mass is 227 g/mol. The Kier molecular flexibility index (Phi) is 4.15. The lowest BCUT2D eigenvalue weighted by atomic mass is 10.2. The van der Waals surface area contributed by atoms with Gasteiger partial charge in [-0.05, 0) is 31.5 Å². The van der Waals surface area contributed by atoms with Gasteiger partial charge < -0.3 is 5.73 Å². The van der Waals surface area contributed by atoms with Gasteiger partial charge in [0.2, 0.25) is 5.91 Å². The predicted molar refractivity (Wildman–Crippen MR) is 61.1 cm³/mol. The number of benzene rings is 1. The molecule has 1 amide bonds. The Morgan fingerprint density at radius 3 is 2.33 bits per heavy atom. The molecule has 0 aliphatic carbocycles. The molecule has 4 heteroatoms. The van der Waals surface area contributed by atoms with Crippen molar-refractivity contribution in [3.05, 3.63) is 35.6 Å². The minimum Gasteiger partial charge on any atom is -0.369 e. The molecule has 0 saturated heterocycles. The Labute approximate surface area is 93.0 Å². The Morgan fingerprint density at radius 2 is 1.87 bits per heavy atom. The largest absolute Gasteiger partial charge is 0.369 e. The Hall–Kier alpha value is -1.03. The van der Waals surface area contributed by atoms with Crippen LogP contribution in [0.2, 0.25) is 0 Å². The quantitative estimate of drug-likeness (QED) is 0.858. The molecule has 1 aromatic rings. The highest BCUT2D eigenvalue weighted by Crippen LogP contribution is 2.31. The Bertz CT molecular complexity index is 339. The lowest BCUT2D eigenvalue weighted by Gasteiger charge is -2.14. The first-order valence-electron chi connectivity index (χ1n) is 4.71. The van der Waals surface area contributed by atoms with Crippen LogP contribution in [0.15, 0.2) is 24.3 Å². The fraction of sp³-hybridized carbons (Fsp3) is 0.364. The van der Waals surface area contributed by atoms with E-state index in [1.165, 1.54) is 23.9 Å².